The third kappa shape index (κ3) is 2.86. The van der Waals surface area contributed by atoms with Gasteiger partial charge in [-0.25, -0.2) is 0 Å². The van der Waals surface area contributed by atoms with Crippen LogP contribution in [0.5, 0.6) is 5.75 Å². The van der Waals surface area contributed by atoms with E-state index in [9.17, 15) is 0 Å². The standard InChI is InChI=1S/C14H17NOS.ClH/c1-9-7-11(8-10(2)14(9)16-3)13(15)12-5-4-6-17-12;/h4-8,13H,15H2,1-3H3;1H/t13-;/m0./s1. The molecule has 0 aliphatic rings. The van der Waals surface area contributed by atoms with Gasteiger partial charge in [-0.05, 0) is 42.0 Å². The average Bonchev–Trinajstić information content (AvgIpc) is 2.81. The van der Waals surface area contributed by atoms with Crippen molar-refractivity contribution in [2.75, 3.05) is 7.11 Å². The Balaban J connectivity index is 0.00000162. The van der Waals surface area contributed by atoms with Gasteiger partial charge < -0.3 is 10.5 Å². The van der Waals surface area contributed by atoms with E-state index in [0.717, 1.165) is 22.4 Å². The summed E-state index contributed by atoms with van der Waals surface area (Å²) in [7, 11) is 1.70. The monoisotopic (exact) mass is 283 g/mol. The molecule has 4 heteroatoms. The quantitative estimate of drug-likeness (QED) is 0.929. The lowest BCUT2D eigenvalue weighted by atomic mass is 10.00. The van der Waals surface area contributed by atoms with E-state index >= 15 is 0 Å². The number of rotatable bonds is 3. The minimum absolute atomic E-state index is 0. The van der Waals surface area contributed by atoms with Gasteiger partial charge >= 0.3 is 0 Å². The maximum atomic E-state index is 6.26. The Hall–Kier alpha value is -1.03. The summed E-state index contributed by atoms with van der Waals surface area (Å²) in [6.07, 6.45) is 0. The first-order chi connectivity index (χ1) is 8.13. The molecular formula is C14H18ClNOS. The molecule has 1 aromatic carbocycles. The van der Waals surface area contributed by atoms with Gasteiger partial charge in [-0.2, -0.15) is 0 Å². The summed E-state index contributed by atoms with van der Waals surface area (Å²) in [4.78, 5) is 1.19. The van der Waals surface area contributed by atoms with Crippen LogP contribution < -0.4 is 10.5 Å². The molecular weight excluding hydrogens is 266 g/mol. The molecule has 18 heavy (non-hydrogen) atoms. The Morgan fingerprint density at radius 2 is 1.83 bits per heavy atom. The number of thiophene rings is 1. The van der Waals surface area contributed by atoms with E-state index in [-0.39, 0.29) is 18.4 Å². The fraction of sp³-hybridized carbons (Fsp3) is 0.286. The molecule has 0 radical (unpaired) electrons. The number of methoxy groups -OCH3 is 1. The van der Waals surface area contributed by atoms with Gasteiger partial charge in [0, 0.05) is 4.88 Å². The maximum absolute atomic E-state index is 6.26. The number of aryl methyl sites for hydroxylation is 2. The highest BCUT2D eigenvalue weighted by Gasteiger charge is 2.13. The Morgan fingerprint density at radius 1 is 1.22 bits per heavy atom. The molecule has 98 valence electrons. The van der Waals surface area contributed by atoms with Crippen molar-refractivity contribution in [3.05, 3.63) is 51.2 Å². The molecule has 2 nitrogen and oxygen atoms in total. The van der Waals surface area contributed by atoms with Crippen LogP contribution in [0, 0.1) is 13.8 Å². The second-order valence-corrected chi connectivity index (χ2v) is 5.16. The van der Waals surface area contributed by atoms with Crippen molar-refractivity contribution in [2.45, 2.75) is 19.9 Å². The van der Waals surface area contributed by atoms with E-state index in [4.69, 9.17) is 10.5 Å². The molecule has 0 unspecified atom stereocenters. The van der Waals surface area contributed by atoms with Gasteiger partial charge in [-0.3, -0.25) is 0 Å². The van der Waals surface area contributed by atoms with E-state index in [1.807, 2.05) is 6.07 Å². The molecule has 1 aromatic heterocycles. The van der Waals surface area contributed by atoms with Crippen molar-refractivity contribution in [1.82, 2.24) is 0 Å². The highest BCUT2D eigenvalue weighted by Crippen LogP contribution is 2.30. The first-order valence-corrected chi connectivity index (χ1v) is 6.45. The maximum Gasteiger partial charge on any atom is 0.124 e. The Kier molecular flexibility index (Phi) is 5.20. The van der Waals surface area contributed by atoms with Crippen molar-refractivity contribution in [3.8, 4) is 5.75 Å². The summed E-state index contributed by atoms with van der Waals surface area (Å²) in [6, 6.07) is 8.28. The van der Waals surface area contributed by atoms with Gasteiger partial charge in [0.05, 0.1) is 13.2 Å². The number of nitrogens with two attached hydrogens (primary N) is 1. The second-order valence-electron chi connectivity index (χ2n) is 4.18. The van der Waals surface area contributed by atoms with Crippen molar-refractivity contribution < 1.29 is 4.74 Å². The molecule has 0 aliphatic carbocycles. The van der Waals surface area contributed by atoms with Gasteiger partial charge in [-0.1, -0.05) is 18.2 Å². The zero-order chi connectivity index (χ0) is 12.4. The molecule has 2 aromatic rings. The smallest absolute Gasteiger partial charge is 0.124 e. The Labute approximate surface area is 118 Å². The van der Waals surface area contributed by atoms with Crippen LogP contribution in [-0.4, -0.2) is 7.11 Å². The minimum atomic E-state index is -0.0432. The Morgan fingerprint density at radius 3 is 2.28 bits per heavy atom. The molecule has 2 N–H and O–H groups in total. The lowest BCUT2D eigenvalue weighted by molar-refractivity contribution is 0.408. The number of benzene rings is 1. The topological polar surface area (TPSA) is 35.2 Å². The van der Waals surface area contributed by atoms with Crippen molar-refractivity contribution >= 4 is 23.7 Å². The third-order valence-corrected chi connectivity index (χ3v) is 3.85. The van der Waals surface area contributed by atoms with Gasteiger partial charge in [-0.15, -0.1) is 23.7 Å². The van der Waals surface area contributed by atoms with Crippen LogP contribution >= 0.6 is 23.7 Å². The highest BCUT2D eigenvalue weighted by atomic mass is 35.5. The minimum Gasteiger partial charge on any atom is -0.496 e. The predicted octanol–water partition coefficient (Wildman–Crippen LogP) is 3.84. The number of hydrogen-bond acceptors (Lipinski definition) is 3. The lowest BCUT2D eigenvalue weighted by Gasteiger charge is -2.15. The molecule has 0 saturated carbocycles. The van der Waals surface area contributed by atoms with Gasteiger partial charge in [0.1, 0.15) is 5.75 Å². The van der Waals surface area contributed by atoms with Crippen LogP contribution in [0.15, 0.2) is 29.6 Å². The first-order valence-electron chi connectivity index (χ1n) is 5.57. The molecule has 1 heterocycles. The first kappa shape index (κ1) is 15.0. The van der Waals surface area contributed by atoms with E-state index in [1.165, 1.54) is 4.88 Å². The van der Waals surface area contributed by atoms with Crippen LogP contribution in [0.4, 0.5) is 0 Å². The number of halogens is 1. The van der Waals surface area contributed by atoms with Crippen LogP contribution in [0.25, 0.3) is 0 Å². The summed E-state index contributed by atoms with van der Waals surface area (Å²) in [5.41, 5.74) is 9.67. The predicted molar refractivity (Wildman–Crippen MR) is 80.1 cm³/mol. The largest absolute Gasteiger partial charge is 0.496 e. The van der Waals surface area contributed by atoms with Gasteiger partial charge in [0.2, 0.25) is 0 Å². The molecule has 0 aliphatic heterocycles. The average molecular weight is 284 g/mol. The molecule has 0 amide bonds. The fourth-order valence-electron chi connectivity index (χ4n) is 2.12. The normalized spacial score (nSPS) is 11.8. The lowest BCUT2D eigenvalue weighted by Crippen LogP contribution is -2.11. The van der Waals surface area contributed by atoms with Crippen molar-refractivity contribution in [3.63, 3.8) is 0 Å². The van der Waals surface area contributed by atoms with Crippen molar-refractivity contribution in [1.29, 1.82) is 0 Å². The zero-order valence-electron chi connectivity index (χ0n) is 10.8. The molecule has 0 bridgehead atoms. The molecule has 1 atom stereocenters. The van der Waals surface area contributed by atoms with Crippen LogP contribution in [0.2, 0.25) is 0 Å². The number of hydrogen-bond donors (Lipinski definition) is 1. The molecule has 0 saturated heterocycles. The summed E-state index contributed by atoms with van der Waals surface area (Å²) in [5, 5.41) is 2.05. The summed E-state index contributed by atoms with van der Waals surface area (Å²) < 4.78 is 5.36. The SMILES string of the molecule is COc1c(C)cc([C@H](N)c2cccs2)cc1C.Cl. The van der Waals surface area contributed by atoms with Gasteiger partial charge in [0.25, 0.3) is 0 Å². The van der Waals surface area contributed by atoms with E-state index in [0.29, 0.717) is 0 Å². The molecule has 0 spiro atoms. The fourth-order valence-corrected chi connectivity index (χ4v) is 2.87. The van der Waals surface area contributed by atoms with Gasteiger partial charge in [0.15, 0.2) is 0 Å². The van der Waals surface area contributed by atoms with E-state index in [2.05, 4.69) is 37.4 Å². The van der Waals surface area contributed by atoms with Crippen LogP contribution in [-0.2, 0) is 0 Å². The van der Waals surface area contributed by atoms with E-state index in [1.54, 1.807) is 18.4 Å². The molecule has 0 fully saturated rings. The number of ether oxygens (including phenoxy) is 1. The second kappa shape index (κ2) is 6.23. The molecule has 2 rings (SSSR count). The van der Waals surface area contributed by atoms with Crippen molar-refractivity contribution in [2.24, 2.45) is 5.73 Å². The van der Waals surface area contributed by atoms with Crippen LogP contribution in [0.3, 0.4) is 0 Å². The third-order valence-electron chi connectivity index (χ3n) is 2.90. The highest BCUT2D eigenvalue weighted by molar-refractivity contribution is 7.10. The van der Waals surface area contributed by atoms with E-state index < -0.39 is 0 Å². The Bertz CT molecular complexity index is 488. The summed E-state index contributed by atoms with van der Waals surface area (Å²) >= 11 is 1.69. The van der Waals surface area contributed by atoms with Crippen LogP contribution in [0.1, 0.15) is 27.6 Å². The summed E-state index contributed by atoms with van der Waals surface area (Å²) in [5.74, 6) is 0.951. The summed E-state index contributed by atoms with van der Waals surface area (Å²) in [6.45, 7) is 4.10. The zero-order valence-corrected chi connectivity index (χ0v) is 12.4.